The maximum absolute atomic E-state index is 11.8. The molecule has 0 spiro atoms. The average Bonchev–Trinajstić information content (AvgIpc) is 3.22. The summed E-state index contributed by atoms with van der Waals surface area (Å²) in [6.45, 7) is 0.725. The maximum Gasteiger partial charge on any atom is 0.440 e. The Morgan fingerprint density at radius 2 is 1.97 bits per heavy atom. The average molecular weight is 444 g/mol. The lowest BCUT2D eigenvalue weighted by Crippen LogP contribution is -2.17. The van der Waals surface area contributed by atoms with Crippen LogP contribution in [0.2, 0.25) is 10.0 Å². The lowest BCUT2D eigenvalue weighted by atomic mass is 10.1. The van der Waals surface area contributed by atoms with E-state index in [1.807, 2.05) is 35.0 Å². The van der Waals surface area contributed by atoms with E-state index in [0.29, 0.717) is 28.9 Å². The molecule has 7 nitrogen and oxygen atoms in total. The molecule has 0 atom stereocenters. The minimum atomic E-state index is -0.807. The van der Waals surface area contributed by atoms with Gasteiger partial charge in [0.2, 0.25) is 0 Å². The van der Waals surface area contributed by atoms with Gasteiger partial charge in [0.15, 0.2) is 0 Å². The zero-order valence-corrected chi connectivity index (χ0v) is 17.0. The third kappa shape index (κ3) is 4.01. The standard InChI is InChI=1S/C21H15Cl2N3O4/c1-2-7-25-10-14(11-26-20(27)24-21(28)30-26)16-9-15(4-6-19(16)25)29-12-13-3-5-17(22)18(23)8-13/h1,3-6,8-10H,7,11-12H2,(H,24,27,28). The molecule has 0 radical (unpaired) electrons. The fourth-order valence-electron chi connectivity index (χ4n) is 3.16. The van der Waals surface area contributed by atoms with Gasteiger partial charge in [0, 0.05) is 22.7 Å². The van der Waals surface area contributed by atoms with Crippen molar-refractivity contribution in [2.75, 3.05) is 0 Å². The molecule has 0 saturated carbocycles. The van der Waals surface area contributed by atoms with Crippen molar-refractivity contribution in [3.8, 4) is 18.1 Å². The number of aromatic amines is 1. The molecule has 9 heteroatoms. The minimum Gasteiger partial charge on any atom is -0.489 e. The molecule has 0 bridgehead atoms. The highest BCUT2D eigenvalue weighted by atomic mass is 35.5. The van der Waals surface area contributed by atoms with Crippen LogP contribution < -0.4 is 16.2 Å². The molecular weight excluding hydrogens is 429 g/mol. The number of benzene rings is 2. The van der Waals surface area contributed by atoms with Gasteiger partial charge < -0.3 is 13.8 Å². The highest BCUT2D eigenvalue weighted by Crippen LogP contribution is 2.28. The zero-order valence-electron chi connectivity index (χ0n) is 15.5. The number of terminal acetylenes is 1. The van der Waals surface area contributed by atoms with Gasteiger partial charge in [-0.25, -0.2) is 14.6 Å². The predicted octanol–water partition coefficient (Wildman–Crippen LogP) is 3.65. The summed E-state index contributed by atoms with van der Waals surface area (Å²) in [6, 6.07) is 10.9. The van der Waals surface area contributed by atoms with Gasteiger partial charge >= 0.3 is 11.4 Å². The fourth-order valence-corrected chi connectivity index (χ4v) is 3.48. The van der Waals surface area contributed by atoms with Crippen molar-refractivity contribution in [1.82, 2.24) is 14.3 Å². The zero-order chi connectivity index (χ0) is 21.3. The molecule has 0 aliphatic heterocycles. The lowest BCUT2D eigenvalue weighted by molar-refractivity contribution is 0.258. The number of aromatic nitrogens is 3. The summed E-state index contributed by atoms with van der Waals surface area (Å²) in [5.41, 5.74) is 1.88. The molecule has 2 aromatic carbocycles. The van der Waals surface area contributed by atoms with Crippen LogP contribution in [0.5, 0.6) is 5.75 Å². The highest BCUT2D eigenvalue weighted by Gasteiger charge is 2.13. The number of H-pyrrole nitrogens is 1. The Hall–Kier alpha value is -3.34. The molecule has 0 aliphatic rings. The summed E-state index contributed by atoms with van der Waals surface area (Å²) >= 11 is 12.0. The Kier molecular flexibility index (Phi) is 5.44. The van der Waals surface area contributed by atoms with Crippen molar-refractivity contribution in [2.24, 2.45) is 0 Å². The largest absolute Gasteiger partial charge is 0.489 e. The van der Waals surface area contributed by atoms with E-state index in [0.717, 1.165) is 26.8 Å². The second kappa shape index (κ2) is 8.19. The summed E-state index contributed by atoms with van der Waals surface area (Å²) < 4.78 is 13.6. The van der Waals surface area contributed by atoms with E-state index in [9.17, 15) is 9.59 Å². The number of nitrogens with one attached hydrogen (secondary N) is 1. The number of halogens is 2. The molecule has 0 amide bonds. The molecule has 0 aliphatic carbocycles. The third-order valence-electron chi connectivity index (χ3n) is 4.53. The summed E-state index contributed by atoms with van der Waals surface area (Å²) in [7, 11) is 0. The van der Waals surface area contributed by atoms with Crippen molar-refractivity contribution in [3.05, 3.63) is 84.8 Å². The number of nitrogens with zero attached hydrogens (tertiary/aromatic N) is 2. The molecule has 152 valence electrons. The van der Waals surface area contributed by atoms with Crippen LogP contribution in [-0.2, 0) is 19.7 Å². The number of rotatable bonds is 6. The molecule has 0 unspecified atom stereocenters. The minimum absolute atomic E-state index is 0.0713. The van der Waals surface area contributed by atoms with Gasteiger partial charge in [-0.05, 0) is 35.9 Å². The first kappa shape index (κ1) is 20.0. The Morgan fingerprint density at radius 3 is 2.67 bits per heavy atom. The van der Waals surface area contributed by atoms with Gasteiger partial charge in [-0.3, -0.25) is 0 Å². The van der Waals surface area contributed by atoms with Crippen molar-refractivity contribution in [2.45, 2.75) is 19.7 Å². The van der Waals surface area contributed by atoms with E-state index in [2.05, 4.69) is 10.9 Å². The number of hydrogen-bond donors (Lipinski definition) is 1. The summed E-state index contributed by atoms with van der Waals surface area (Å²) in [5, 5.41) is 1.76. The topological polar surface area (TPSA) is 82.2 Å². The first-order chi connectivity index (χ1) is 14.4. The van der Waals surface area contributed by atoms with Crippen LogP contribution in [-0.4, -0.2) is 14.3 Å². The molecule has 30 heavy (non-hydrogen) atoms. The number of fused-ring (bicyclic) bond motifs is 1. The number of hydrogen-bond acceptors (Lipinski definition) is 4. The van der Waals surface area contributed by atoms with Crippen LogP contribution in [0.3, 0.4) is 0 Å². The van der Waals surface area contributed by atoms with Crippen LogP contribution in [0.15, 0.2) is 56.7 Å². The lowest BCUT2D eigenvalue weighted by Gasteiger charge is -2.08. The molecular formula is C21H15Cl2N3O4. The molecule has 0 fully saturated rings. The molecule has 1 N–H and O–H groups in total. The summed E-state index contributed by atoms with van der Waals surface area (Å²) in [6.07, 6.45) is 7.30. The molecule has 4 rings (SSSR count). The van der Waals surface area contributed by atoms with Crippen LogP contribution in [0.4, 0.5) is 0 Å². The Balaban J connectivity index is 1.66. The quantitative estimate of drug-likeness (QED) is 0.461. The van der Waals surface area contributed by atoms with E-state index in [1.165, 1.54) is 0 Å². The monoisotopic (exact) mass is 443 g/mol. The molecule has 4 aromatic rings. The van der Waals surface area contributed by atoms with Crippen molar-refractivity contribution >= 4 is 34.1 Å². The van der Waals surface area contributed by atoms with E-state index in [4.69, 9.17) is 38.9 Å². The predicted molar refractivity (Wildman–Crippen MR) is 114 cm³/mol. The van der Waals surface area contributed by atoms with E-state index in [-0.39, 0.29) is 6.54 Å². The number of ether oxygens (including phenoxy) is 1. The third-order valence-corrected chi connectivity index (χ3v) is 5.27. The second-order valence-electron chi connectivity index (χ2n) is 6.55. The smallest absolute Gasteiger partial charge is 0.440 e. The molecule has 2 aromatic heterocycles. The highest BCUT2D eigenvalue weighted by molar-refractivity contribution is 6.42. The van der Waals surface area contributed by atoms with Gasteiger partial charge in [0.25, 0.3) is 0 Å². The SMILES string of the molecule is C#CCn1cc(Cn2oc(=O)[nH]c2=O)c2cc(OCc3ccc(Cl)c(Cl)c3)ccc21. The van der Waals surface area contributed by atoms with Crippen molar-refractivity contribution < 1.29 is 9.26 Å². The van der Waals surface area contributed by atoms with Crippen molar-refractivity contribution in [3.63, 3.8) is 0 Å². The van der Waals surface area contributed by atoms with Crippen LogP contribution in [0.1, 0.15) is 11.1 Å². The van der Waals surface area contributed by atoms with Crippen LogP contribution in [0, 0.1) is 12.3 Å². The van der Waals surface area contributed by atoms with E-state index in [1.54, 1.807) is 12.1 Å². The Bertz CT molecular complexity index is 1390. The first-order valence-electron chi connectivity index (χ1n) is 8.87. The van der Waals surface area contributed by atoms with E-state index >= 15 is 0 Å². The Labute approximate surface area is 180 Å². The fraction of sp³-hybridized carbons (Fsp3) is 0.143. The van der Waals surface area contributed by atoms with Crippen molar-refractivity contribution in [1.29, 1.82) is 0 Å². The summed E-state index contributed by atoms with van der Waals surface area (Å²) in [5.74, 6) is 2.41. The van der Waals surface area contributed by atoms with Gasteiger partial charge in [0.05, 0.1) is 23.1 Å². The van der Waals surface area contributed by atoms with Gasteiger partial charge in [-0.15, -0.1) is 11.2 Å². The van der Waals surface area contributed by atoms with Gasteiger partial charge in [0.1, 0.15) is 12.4 Å². The second-order valence-corrected chi connectivity index (χ2v) is 7.36. The van der Waals surface area contributed by atoms with E-state index < -0.39 is 11.4 Å². The van der Waals surface area contributed by atoms with Gasteiger partial charge in [-0.2, -0.15) is 0 Å². The maximum atomic E-state index is 11.8. The normalized spacial score (nSPS) is 11.0. The van der Waals surface area contributed by atoms with Gasteiger partial charge in [-0.1, -0.05) is 35.2 Å². The van der Waals surface area contributed by atoms with Crippen LogP contribution >= 0.6 is 23.2 Å². The first-order valence-corrected chi connectivity index (χ1v) is 9.62. The van der Waals surface area contributed by atoms with Crippen LogP contribution in [0.25, 0.3) is 10.9 Å². The molecule has 0 saturated heterocycles. The Morgan fingerprint density at radius 1 is 1.13 bits per heavy atom. The molecule has 2 heterocycles. The summed E-state index contributed by atoms with van der Waals surface area (Å²) in [4.78, 5) is 25.2.